The van der Waals surface area contributed by atoms with Gasteiger partial charge in [0.05, 0.1) is 22.8 Å². The molecule has 0 saturated carbocycles. The number of aromatic nitrogens is 7. The van der Waals surface area contributed by atoms with Gasteiger partial charge in [0.1, 0.15) is 0 Å². The number of hydrogen-bond acceptors (Lipinski definition) is 7. The molecule has 0 aliphatic heterocycles. The summed E-state index contributed by atoms with van der Waals surface area (Å²) in [5.74, 6) is 1.73. The van der Waals surface area contributed by atoms with Crippen LogP contribution in [0.3, 0.4) is 0 Å². The smallest absolute Gasteiger partial charge is 0.164 e. The van der Waals surface area contributed by atoms with Crippen molar-refractivity contribution in [2.24, 2.45) is 0 Å². The molecule has 0 unspecified atom stereocenters. The van der Waals surface area contributed by atoms with Gasteiger partial charge in [-0.2, -0.15) is 0 Å². The summed E-state index contributed by atoms with van der Waals surface area (Å²) in [5, 5.41) is 8.96. The van der Waals surface area contributed by atoms with Crippen molar-refractivity contribution in [3.05, 3.63) is 213 Å². The molecule has 0 fully saturated rings. The van der Waals surface area contributed by atoms with Crippen molar-refractivity contribution >= 4 is 43.1 Å². The van der Waals surface area contributed by atoms with E-state index in [4.69, 9.17) is 34.9 Å². The summed E-state index contributed by atoms with van der Waals surface area (Å²) in [6, 6.07) is 64.6. The van der Waals surface area contributed by atoms with Crippen molar-refractivity contribution < 1.29 is 0 Å². The zero-order valence-corrected chi connectivity index (χ0v) is 34.3. The van der Waals surface area contributed by atoms with Gasteiger partial charge in [-0.3, -0.25) is 19.9 Å². The quantitative estimate of drug-likeness (QED) is 0.148. The Bertz CT molecular complexity index is 3580. The average molecular weight is 818 g/mol. The van der Waals surface area contributed by atoms with Crippen LogP contribution in [0.4, 0.5) is 0 Å². The van der Waals surface area contributed by atoms with Crippen LogP contribution in [0.25, 0.3) is 122 Å². The van der Waals surface area contributed by atoms with E-state index in [1.807, 2.05) is 85.5 Å². The minimum absolute atomic E-state index is 0.547. The number of fused-ring (bicyclic) bond motifs is 5. The molecule has 0 N–H and O–H groups in total. The molecule has 0 saturated heterocycles. The lowest BCUT2D eigenvalue weighted by Crippen LogP contribution is -2.01. The first kappa shape index (κ1) is 37.0. The predicted molar refractivity (Wildman–Crippen MR) is 259 cm³/mol. The van der Waals surface area contributed by atoms with Crippen LogP contribution < -0.4 is 0 Å². The summed E-state index contributed by atoms with van der Waals surface area (Å²) in [6.07, 6.45) is 7.62. The number of nitrogens with zero attached hydrogens (tertiary/aromatic N) is 7. The monoisotopic (exact) mass is 817 g/mol. The molecule has 298 valence electrons. The fourth-order valence-corrected chi connectivity index (χ4v) is 8.55. The minimum Gasteiger partial charge on any atom is -0.256 e. The second kappa shape index (κ2) is 15.6. The largest absolute Gasteiger partial charge is 0.256 e. The number of benzene rings is 7. The van der Waals surface area contributed by atoms with E-state index in [-0.39, 0.29) is 0 Å². The Labute approximate surface area is 368 Å². The maximum Gasteiger partial charge on any atom is 0.164 e. The van der Waals surface area contributed by atoms with Crippen molar-refractivity contribution in [2.75, 3.05) is 0 Å². The highest BCUT2D eigenvalue weighted by atomic mass is 15.0. The molecular formula is C57H35N7. The van der Waals surface area contributed by atoms with Crippen molar-refractivity contribution in [2.45, 2.75) is 0 Å². The van der Waals surface area contributed by atoms with Crippen molar-refractivity contribution in [1.82, 2.24) is 34.9 Å². The lowest BCUT2D eigenvalue weighted by atomic mass is 9.96. The topological polar surface area (TPSA) is 90.2 Å². The molecule has 7 nitrogen and oxygen atoms in total. The van der Waals surface area contributed by atoms with Gasteiger partial charge in [-0.15, -0.1) is 0 Å². The SMILES string of the molecule is c1ccc(-c2nc(-c3cc(-c4ccc(-c5cc6ccccc6cn5)nc4)cc(-c4ccc(-c5cc6ccccc6cn5)cn4)c3)nc(-c3cc4ccccc4c4ccccc34)n2)cc1. The van der Waals surface area contributed by atoms with Crippen LogP contribution >= 0.6 is 0 Å². The minimum atomic E-state index is 0.547. The van der Waals surface area contributed by atoms with Crippen molar-refractivity contribution in [1.29, 1.82) is 0 Å². The van der Waals surface area contributed by atoms with E-state index in [2.05, 4.69) is 127 Å². The molecule has 0 aliphatic rings. The molecule has 64 heavy (non-hydrogen) atoms. The molecule has 7 aromatic carbocycles. The highest BCUT2D eigenvalue weighted by Gasteiger charge is 2.18. The number of hydrogen-bond donors (Lipinski definition) is 0. The lowest BCUT2D eigenvalue weighted by Gasteiger charge is -2.14. The maximum absolute atomic E-state index is 5.31. The zero-order chi connectivity index (χ0) is 42.4. The van der Waals surface area contributed by atoms with E-state index in [0.717, 1.165) is 99.4 Å². The van der Waals surface area contributed by atoms with Crippen LogP contribution in [0, 0.1) is 0 Å². The summed E-state index contributed by atoms with van der Waals surface area (Å²) in [7, 11) is 0. The van der Waals surface area contributed by atoms with Gasteiger partial charge in [0, 0.05) is 68.9 Å². The van der Waals surface area contributed by atoms with Crippen LogP contribution in [0.15, 0.2) is 213 Å². The van der Waals surface area contributed by atoms with Crippen LogP contribution in [0.5, 0.6) is 0 Å². The van der Waals surface area contributed by atoms with Crippen molar-refractivity contribution in [3.63, 3.8) is 0 Å². The van der Waals surface area contributed by atoms with E-state index in [1.165, 1.54) is 5.39 Å². The molecule has 5 heterocycles. The average Bonchev–Trinajstić information content (AvgIpc) is 3.38. The molecular weight excluding hydrogens is 783 g/mol. The fraction of sp³-hybridized carbons (Fsp3) is 0. The Morgan fingerprint density at radius 1 is 0.234 bits per heavy atom. The molecule has 12 aromatic rings. The first-order chi connectivity index (χ1) is 31.7. The molecule has 0 bridgehead atoms. The maximum atomic E-state index is 5.31. The Hall–Kier alpha value is -8.81. The summed E-state index contributed by atoms with van der Waals surface area (Å²) < 4.78 is 0. The van der Waals surface area contributed by atoms with E-state index in [9.17, 15) is 0 Å². The van der Waals surface area contributed by atoms with E-state index < -0.39 is 0 Å². The van der Waals surface area contributed by atoms with Gasteiger partial charge >= 0.3 is 0 Å². The third-order valence-electron chi connectivity index (χ3n) is 11.8. The van der Waals surface area contributed by atoms with Crippen LogP contribution in [0.2, 0.25) is 0 Å². The van der Waals surface area contributed by atoms with E-state index in [0.29, 0.717) is 17.5 Å². The van der Waals surface area contributed by atoms with Crippen LogP contribution in [0.1, 0.15) is 0 Å². The van der Waals surface area contributed by atoms with Gasteiger partial charge in [0.25, 0.3) is 0 Å². The molecule has 0 aliphatic carbocycles. The fourth-order valence-electron chi connectivity index (χ4n) is 8.55. The molecule has 5 aromatic heterocycles. The standard InChI is InChI=1S/C57H35N7/c1-2-12-36(13-3-1)55-62-56(64-57(63-55)50-29-39-16-8-9-19-47(39)48-20-10-11-21-49(48)50)46-27-44(42-22-25-52(59-34-42)54-31-38-15-5-7-18-41(38)33-61-54)26-45(28-46)51-24-23-43(35-58-51)53-30-37-14-4-6-17-40(37)32-60-53/h1-35H. The van der Waals surface area contributed by atoms with Crippen molar-refractivity contribution in [3.8, 4) is 79.2 Å². The Balaban J connectivity index is 1.02. The third-order valence-corrected chi connectivity index (χ3v) is 11.8. The summed E-state index contributed by atoms with van der Waals surface area (Å²) in [5.41, 5.74) is 9.66. The molecule has 0 spiro atoms. The first-order valence-corrected chi connectivity index (χ1v) is 21.2. The van der Waals surface area contributed by atoms with Gasteiger partial charge in [-0.1, -0.05) is 133 Å². The molecule has 0 radical (unpaired) electrons. The number of rotatable bonds is 7. The van der Waals surface area contributed by atoms with Crippen LogP contribution in [-0.4, -0.2) is 34.9 Å². The summed E-state index contributed by atoms with van der Waals surface area (Å²) >= 11 is 0. The molecule has 12 rings (SSSR count). The molecule has 0 amide bonds. The zero-order valence-electron chi connectivity index (χ0n) is 34.3. The van der Waals surface area contributed by atoms with Gasteiger partial charge in [0.15, 0.2) is 17.5 Å². The van der Waals surface area contributed by atoms with Gasteiger partial charge in [-0.25, -0.2) is 15.0 Å². The Kier molecular flexibility index (Phi) is 9.01. The normalized spacial score (nSPS) is 11.4. The van der Waals surface area contributed by atoms with E-state index >= 15 is 0 Å². The molecule has 0 atom stereocenters. The second-order valence-electron chi connectivity index (χ2n) is 15.9. The Morgan fingerprint density at radius 2 is 0.750 bits per heavy atom. The Morgan fingerprint density at radius 3 is 1.47 bits per heavy atom. The molecule has 7 heteroatoms. The second-order valence-corrected chi connectivity index (χ2v) is 15.9. The van der Waals surface area contributed by atoms with Gasteiger partial charge in [0.2, 0.25) is 0 Å². The van der Waals surface area contributed by atoms with E-state index in [1.54, 1.807) is 0 Å². The highest BCUT2D eigenvalue weighted by Crippen LogP contribution is 2.37. The van der Waals surface area contributed by atoms with Gasteiger partial charge < -0.3 is 0 Å². The summed E-state index contributed by atoms with van der Waals surface area (Å²) in [6.45, 7) is 0. The number of pyridine rings is 4. The summed E-state index contributed by atoms with van der Waals surface area (Å²) in [4.78, 5) is 35.1. The van der Waals surface area contributed by atoms with Crippen LogP contribution in [-0.2, 0) is 0 Å². The lowest BCUT2D eigenvalue weighted by molar-refractivity contribution is 1.08. The third kappa shape index (κ3) is 6.87. The highest BCUT2D eigenvalue weighted by molar-refractivity contribution is 6.13. The first-order valence-electron chi connectivity index (χ1n) is 21.2. The van der Waals surface area contributed by atoms with Gasteiger partial charge in [-0.05, 0) is 92.5 Å². The predicted octanol–water partition coefficient (Wildman–Crippen LogP) is 13.7.